The average molecular weight is 271 g/mol. The Bertz CT molecular complexity index is 613. The molecule has 0 bridgehead atoms. The maximum Gasteiger partial charge on any atom is 0.342 e. The number of hydrogen-bond acceptors (Lipinski definition) is 5. The zero-order valence-electron chi connectivity index (χ0n) is 10.7. The highest BCUT2D eigenvalue weighted by molar-refractivity contribution is 5.93. The second kappa shape index (κ2) is 5.61. The maximum absolute atomic E-state index is 12.1. The van der Waals surface area contributed by atoms with Crippen molar-refractivity contribution in [1.29, 1.82) is 0 Å². The Morgan fingerprint density at radius 1 is 1.15 bits per heavy atom. The molecule has 1 aromatic carbocycles. The summed E-state index contributed by atoms with van der Waals surface area (Å²) >= 11 is 0. The van der Waals surface area contributed by atoms with Gasteiger partial charge in [0.2, 0.25) is 0 Å². The first kappa shape index (κ1) is 12.5. The van der Waals surface area contributed by atoms with Crippen LogP contribution in [0.3, 0.4) is 0 Å². The highest BCUT2D eigenvalue weighted by atomic mass is 16.6. The molecule has 1 aliphatic heterocycles. The predicted molar refractivity (Wildman–Crippen MR) is 70.8 cm³/mol. The van der Waals surface area contributed by atoms with E-state index in [9.17, 15) is 4.79 Å². The summed E-state index contributed by atoms with van der Waals surface area (Å²) in [6.07, 6.45) is 1.66. The normalized spacial score (nSPS) is 12.8. The van der Waals surface area contributed by atoms with Gasteiger partial charge in [0.1, 0.15) is 25.4 Å². The van der Waals surface area contributed by atoms with Crippen LogP contribution in [0.15, 0.2) is 42.6 Å². The number of nitrogens with zero attached hydrogens (tertiary/aromatic N) is 1. The lowest BCUT2D eigenvalue weighted by Gasteiger charge is -2.20. The van der Waals surface area contributed by atoms with Crippen molar-refractivity contribution in [3.63, 3.8) is 0 Å². The van der Waals surface area contributed by atoms with E-state index in [4.69, 9.17) is 14.2 Å². The molecule has 5 nitrogen and oxygen atoms in total. The van der Waals surface area contributed by atoms with Gasteiger partial charge in [0, 0.05) is 6.20 Å². The van der Waals surface area contributed by atoms with Crippen molar-refractivity contribution in [2.75, 3.05) is 13.2 Å². The van der Waals surface area contributed by atoms with Gasteiger partial charge in [-0.2, -0.15) is 0 Å². The van der Waals surface area contributed by atoms with Gasteiger partial charge in [-0.05, 0) is 24.3 Å². The van der Waals surface area contributed by atoms with E-state index in [0.717, 1.165) is 0 Å². The molecule has 102 valence electrons. The molecular weight excluding hydrogens is 258 g/mol. The highest BCUT2D eigenvalue weighted by Gasteiger charge is 2.21. The van der Waals surface area contributed by atoms with E-state index in [-0.39, 0.29) is 6.61 Å². The van der Waals surface area contributed by atoms with Crippen LogP contribution in [-0.4, -0.2) is 24.2 Å². The van der Waals surface area contributed by atoms with Gasteiger partial charge in [-0.1, -0.05) is 12.1 Å². The zero-order chi connectivity index (χ0) is 13.8. The highest BCUT2D eigenvalue weighted by Crippen LogP contribution is 2.33. The van der Waals surface area contributed by atoms with Crippen molar-refractivity contribution in [2.45, 2.75) is 6.61 Å². The minimum Gasteiger partial charge on any atom is -0.486 e. The van der Waals surface area contributed by atoms with Crippen molar-refractivity contribution in [1.82, 2.24) is 4.98 Å². The van der Waals surface area contributed by atoms with Crippen molar-refractivity contribution >= 4 is 5.97 Å². The molecule has 1 aliphatic rings. The number of fused-ring (bicyclic) bond motifs is 1. The minimum atomic E-state index is -0.446. The summed E-state index contributed by atoms with van der Waals surface area (Å²) in [4.78, 5) is 16.2. The summed E-state index contributed by atoms with van der Waals surface area (Å²) in [7, 11) is 0. The number of carbonyl (C=O) groups is 1. The molecule has 0 spiro atoms. The van der Waals surface area contributed by atoms with E-state index in [1.54, 1.807) is 30.5 Å². The fraction of sp³-hybridized carbons (Fsp3) is 0.200. The van der Waals surface area contributed by atoms with E-state index in [1.807, 2.05) is 12.1 Å². The molecule has 0 fully saturated rings. The first-order valence-electron chi connectivity index (χ1n) is 6.30. The van der Waals surface area contributed by atoms with E-state index in [1.165, 1.54) is 0 Å². The summed E-state index contributed by atoms with van der Waals surface area (Å²) in [5.41, 5.74) is 1.07. The third kappa shape index (κ3) is 2.56. The standard InChI is InChI=1S/C15H13NO4/c17-15(20-10-11-4-1-2-7-16-11)12-5-3-6-13-14(12)19-9-8-18-13/h1-7H,8-10H2. The van der Waals surface area contributed by atoms with Crippen molar-refractivity contribution in [2.24, 2.45) is 0 Å². The second-order valence-electron chi connectivity index (χ2n) is 4.23. The smallest absolute Gasteiger partial charge is 0.342 e. The van der Waals surface area contributed by atoms with E-state index < -0.39 is 5.97 Å². The Morgan fingerprint density at radius 3 is 2.90 bits per heavy atom. The van der Waals surface area contributed by atoms with E-state index in [0.29, 0.717) is 36.0 Å². The first-order chi connectivity index (χ1) is 9.84. The third-order valence-electron chi connectivity index (χ3n) is 2.86. The number of esters is 1. The first-order valence-corrected chi connectivity index (χ1v) is 6.30. The molecule has 2 aromatic rings. The summed E-state index contributed by atoms with van der Waals surface area (Å²) in [6.45, 7) is 1.04. The summed E-state index contributed by atoms with van der Waals surface area (Å²) < 4.78 is 16.2. The Hall–Kier alpha value is -2.56. The third-order valence-corrected chi connectivity index (χ3v) is 2.86. The minimum absolute atomic E-state index is 0.129. The Morgan fingerprint density at radius 2 is 2.05 bits per heavy atom. The van der Waals surface area contributed by atoms with Crippen molar-refractivity contribution in [3.05, 3.63) is 53.9 Å². The number of pyridine rings is 1. The molecule has 5 heteroatoms. The van der Waals surface area contributed by atoms with Gasteiger partial charge in [-0.15, -0.1) is 0 Å². The van der Waals surface area contributed by atoms with Gasteiger partial charge < -0.3 is 14.2 Å². The zero-order valence-corrected chi connectivity index (χ0v) is 10.7. The molecule has 0 aliphatic carbocycles. The van der Waals surface area contributed by atoms with Crippen LogP contribution in [0.5, 0.6) is 11.5 Å². The topological polar surface area (TPSA) is 57.7 Å². The second-order valence-corrected chi connectivity index (χ2v) is 4.23. The molecule has 2 heterocycles. The van der Waals surface area contributed by atoms with Crippen molar-refractivity contribution in [3.8, 4) is 11.5 Å². The number of carbonyl (C=O) groups excluding carboxylic acids is 1. The largest absolute Gasteiger partial charge is 0.486 e. The van der Waals surface area contributed by atoms with Crippen LogP contribution in [-0.2, 0) is 11.3 Å². The van der Waals surface area contributed by atoms with Gasteiger partial charge in [0.05, 0.1) is 5.69 Å². The lowest BCUT2D eigenvalue weighted by molar-refractivity contribution is 0.0458. The van der Waals surface area contributed by atoms with Gasteiger partial charge >= 0.3 is 5.97 Å². The lowest BCUT2D eigenvalue weighted by atomic mass is 10.2. The number of ether oxygens (including phenoxy) is 3. The molecule has 0 saturated carbocycles. The Labute approximate surface area is 116 Å². The molecule has 0 amide bonds. The number of benzene rings is 1. The molecule has 0 saturated heterocycles. The van der Waals surface area contributed by atoms with Gasteiger partial charge in [-0.3, -0.25) is 4.98 Å². The van der Waals surface area contributed by atoms with Crippen LogP contribution < -0.4 is 9.47 Å². The fourth-order valence-corrected chi connectivity index (χ4v) is 1.94. The van der Waals surface area contributed by atoms with Gasteiger partial charge in [0.15, 0.2) is 11.5 Å². The summed E-state index contributed by atoms with van der Waals surface area (Å²) in [6, 6.07) is 10.6. The van der Waals surface area contributed by atoms with Crippen LogP contribution in [0.25, 0.3) is 0 Å². The van der Waals surface area contributed by atoms with Crippen LogP contribution in [0.2, 0.25) is 0 Å². The van der Waals surface area contributed by atoms with Crippen molar-refractivity contribution < 1.29 is 19.0 Å². The Kier molecular flexibility index (Phi) is 3.50. The monoisotopic (exact) mass is 271 g/mol. The van der Waals surface area contributed by atoms with E-state index in [2.05, 4.69) is 4.98 Å². The molecular formula is C15H13NO4. The molecule has 0 N–H and O–H groups in total. The lowest BCUT2D eigenvalue weighted by Crippen LogP contribution is -2.18. The van der Waals surface area contributed by atoms with Gasteiger partial charge in [0.25, 0.3) is 0 Å². The number of aromatic nitrogens is 1. The summed E-state index contributed by atoms with van der Waals surface area (Å²) in [5.74, 6) is 0.575. The van der Waals surface area contributed by atoms with E-state index >= 15 is 0 Å². The number of rotatable bonds is 3. The Balaban J connectivity index is 1.74. The fourth-order valence-electron chi connectivity index (χ4n) is 1.94. The van der Waals surface area contributed by atoms with Crippen LogP contribution in [0.1, 0.15) is 16.1 Å². The molecule has 1 aromatic heterocycles. The van der Waals surface area contributed by atoms with Crippen LogP contribution >= 0.6 is 0 Å². The van der Waals surface area contributed by atoms with Gasteiger partial charge in [-0.25, -0.2) is 4.79 Å². The SMILES string of the molecule is O=C(OCc1ccccn1)c1cccc2c1OCCO2. The number of hydrogen-bond donors (Lipinski definition) is 0. The molecule has 0 unspecified atom stereocenters. The molecule has 3 rings (SSSR count). The maximum atomic E-state index is 12.1. The average Bonchev–Trinajstić information content (AvgIpc) is 2.53. The molecule has 0 atom stereocenters. The number of para-hydroxylation sites is 1. The molecule has 0 radical (unpaired) electrons. The predicted octanol–water partition coefficient (Wildman–Crippen LogP) is 2.21. The quantitative estimate of drug-likeness (QED) is 0.801. The summed E-state index contributed by atoms with van der Waals surface area (Å²) in [5, 5.41) is 0. The molecule has 20 heavy (non-hydrogen) atoms. The van der Waals surface area contributed by atoms with Crippen LogP contribution in [0.4, 0.5) is 0 Å². The van der Waals surface area contributed by atoms with Crippen LogP contribution in [0, 0.1) is 0 Å².